The Kier molecular flexibility index (Phi) is 8.08. The van der Waals surface area contributed by atoms with Crippen molar-refractivity contribution in [1.29, 1.82) is 0 Å². The number of ether oxygens (including phenoxy) is 2. The molecule has 4 aromatic rings. The third-order valence-corrected chi connectivity index (χ3v) is 7.27. The standard InChI is InChI=1S/C29H24ClF3N4O5/c1-41-27(38)36-13-11-18(12-14-36)17-5-7-19(8-6-17)21-10-9-20(30)15-22(21)23-3-2-4-25(35-23)37-26(29(31,32)33)24(16-34-37)42-28(39)40/h2-10,15-16,18H,11-14H2,1H3,(H,39,40). The minimum absolute atomic E-state index is 0.195. The first kappa shape index (κ1) is 28.9. The number of methoxy groups -OCH3 is 1. The maximum Gasteiger partial charge on any atom is 0.511 e. The normalized spacial score (nSPS) is 14.1. The van der Waals surface area contributed by atoms with E-state index in [1.54, 1.807) is 23.1 Å². The lowest BCUT2D eigenvalue weighted by Gasteiger charge is -2.31. The summed E-state index contributed by atoms with van der Waals surface area (Å²) in [7, 11) is 1.37. The van der Waals surface area contributed by atoms with Gasteiger partial charge in [0.1, 0.15) is 0 Å². The topological polar surface area (TPSA) is 107 Å². The third kappa shape index (κ3) is 6.03. The van der Waals surface area contributed by atoms with Crippen LogP contribution in [0.1, 0.15) is 30.0 Å². The van der Waals surface area contributed by atoms with Crippen molar-refractivity contribution < 1.29 is 37.3 Å². The van der Waals surface area contributed by atoms with E-state index in [2.05, 4.69) is 14.8 Å². The first-order chi connectivity index (χ1) is 20.0. The van der Waals surface area contributed by atoms with Crippen LogP contribution in [0.3, 0.4) is 0 Å². The van der Waals surface area contributed by atoms with E-state index in [0.29, 0.717) is 40.2 Å². The molecule has 0 aliphatic carbocycles. The van der Waals surface area contributed by atoms with Crippen molar-refractivity contribution in [2.75, 3.05) is 20.2 Å². The Labute approximate surface area is 243 Å². The van der Waals surface area contributed by atoms with Crippen molar-refractivity contribution in [3.63, 3.8) is 0 Å². The second kappa shape index (κ2) is 11.7. The number of carboxylic acid groups (broad SMARTS) is 1. The van der Waals surface area contributed by atoms with Crippen LogP contribution in [0.4, 0.5) is 22.8 Å². The molecule has 13 heteroatoms. The molecule has 1 aliphatic heterocycles. The lowest BCUT2D eigenvalue weighted by molar-refractivity contribution is -0.143. The van der Waals surface area contributed by atoms with Crippen molar-refractivity contribution in [3.8, 4) is 34.0 Å². The van der Waals surface area contributed by atoms with E-state index in [-0.39, 0.29) is 17.8 Å². The van der Waals surface area contributed by atoms with Crippen LogP contribution in [-0.4, -0.2) is 57.2 Å². The molecule has 1 N–H and O–H groups in total. The fourth-order valence-corrected chi connectivity index (χ4v) is 5.24. The number of hydrogen-bond donors (Lipinski definition) is 1. The number of halogens is 4. The summed E-state index contributed by atoms with van der Waals surface area (Å²) in [5.41, 5.74) is 2.23. The van der Waals surface area contributed by atoms with Gasteiger partial charge < -0.3 is 19.5 Å². The van der Waals surface area contributed by atoms with Gasteiger partial charge in [-0.15, -0.1) is 0 Å². The number of benzene rings is 2. The predicted molar refractivity (Wildman–Crippen MR) is 147 cm³/mol. The van der Waals surface area contributed by atoms with Gasteiger partial charge in [0.15, 0.2) is 17.3 Å². The maximum absolute atomic E-state index is 13.9. The molecular formula is C29H24ClF3N4O5. The molecule has 2 aromatic heterocycles. The highest BCUT2D eigenvalue weighted by Gasteiger charge is 2.41. The highest BCUT2D eigenvalue weighted by molar-refractivity contribution is 6.31. The van der Waals surface area contributed by atoms with E-state index in [9.17, 15) is 22.8 Å². The lowest BCUT2D eigenvalue weighted by atomic mass is 9.88. The second-order valence-corrected chi connectivity index (χ2v) is 10.00. The molecule has 1 amide bonds. The molecule has 1 saturated heterocycles. The summed E-state index contributed by atoms with van der Waals surface area (Å²) in [6, 6.07) is 17.6. The summed E-state index contributed by atoms with van der Waals surface area (Å²) >= 11 is 6.32. The Hall–Kier alpha value is -4.58. The predicted octanol–water partition coefficient (Wildman–Crippen LogP) is 7.28. The molecule has 0 atom stereocenters. The molecule has 0 radical (unpaired) electrons. The van der Waals surface area contributed by atoms with Gasteiger partial charge in [0.05, 0.1) is 19.0 Å². The van der Waals surface area contributed by atoms with Crippen LogP contribution in [0.5, 0.6) is 5.75 Å². The van der Waals surface area contributed by atoms with Crippen LogP contribution in [0, 0.1) is 0 Å². The quantitative estimate of drug-likeness (QED) is 0.240. The van der Waals surface area contributed by atoms with Gasteiger partial charge in [-0.05, 0) is 59.7 Å². The highest BCUT2D eigenvalue weighted by Crippen LogP contribution is 2.39. The van der Waals surface area contributed by atoms with Gasteiger partial charge in [-0.3, -0.25) is 0 Å². The second-order valence-electron chi connectivity index (χ2n) is 9.56. The molecule has 0 bridgehead atoms. The van der Waals surface area contributed by atoms with Gasteiger partial charge in [-0.1, -0.05) is 48.0 Å². The number of aromatic nitrogens is 3. The Morgan fingerprint density at radius 1 is 1.02 bits per heavy atom. The van der Waals surface area contributed by atoms with Gasteiger partial charge in [0.25, 0.3) is 0 Å². The summed E-state index contributed by atoms with van der Waals surface area (Å²) in [5.74, 6) is -0.865. The Morgan fingerprint density at radius 3 is 2.38 bits per heavy atom. The van der Waals surface area contributed by atoms with E-state index < -0.39 is 23.8 Å². The number of carbonyl (C=O) groups is 2. The van der Waals surface area contributed by atoms with Gasteiger partial charge in [-0.2, -0.15) is 18.3 Å². The number of hydrogen-bond acceptors (Lipinski definition) is 6. The van der Waals surface area contributed by atoms with E-state index in [4.69, 9.17) is 21.4 Å². The van der Waals surface area contributed by atoms with Crippen LogP contribution in [0.25, 0.3) is 28.2 Å². The van der Waals surface area contributed by atoms with E-state index in [0.717, 1.165) is 29.5 Å². The number of piperidine rings is 1. The maximum atomic E-state index is 13.9. The molecule has 2 aromatic carbocycles. The average molecular weight is 601 g/mol. The lowest BCUT2D eigenvalue weighted by Crippen LogP contribution is -2.37. The van der Waals surface area contributed by atoms with E-state index in [1.165, 1.54) is 19.2 Å². The van der Waals surface area contributed by atoms with Crippen molar-refractivity contribution in [3.05, 3.63) is 83.1 Å². The molecule has 3 heterocycles. The van der Waals surface area contributed by atoms with E-state index in [1.807, 2.05) is 30.3 Å². The average Bonchev–Trinajstić information content (AvgIpc) is 3.41. The molecule has 0 unspecified atom stereocenters. The fourth-order valence-electron chi connectivity index (χ4n) is 5.07. The zero-order valence-electron chi connectivity index (χ0n) is 22.1. The molecule has 1 fully saturated rings. The van der Waals surface area contributed by atoms with Crippen molar-refractivity contribution >= 4 is 23.8 Å². The van der Waals surface area contributed by atoms with Crippen molar-refractivity contribution in [1.82, 2.24) is 19.7 Å². The van der Waals surface area contributed by atoms with Crippen molar-refractivity contribution in [2.24, 2.45) is 0 Å². The minimum Gasteiger partial charge on any atom is -0.453 e. The summed E-state index contributed by atoms with van der Waals surface area (Å²) in [5, 5.41) is 13.0. The van der Waals surface area contributed by atoms with Gasteiger partial charge in [0, 0.05) is 23.7 Å². The van der Waals surface area contributed by atoms with Crippen LogP contribution in [0.2, 0.25) is 5.02 Å². The van der Waals surface area contributed by atoms with Crippen LogP contribution in [0.15, 0.2) is 66.9 Å². The van der Waals surface area contributed by atoms with Crippen LogP contribution in [-0.2, 0) is 10.9 Å². The largest absolute Gasteiger partial charge is 0.511 e. The molecule has 0 saturated carbocycles. The number of pyridine rings is 1. The van der Waals surface area contributed by atoms with Crippen molar-refractivity contribution in [2.45, 2.75) is 24.9 Å². The zero-order chi connectivity index (χ0) is 30.0. The molecular weight excluding hydrogens is 577 g/mol. The number of alkyl halides is 3. The summed E-state index contributed by atoms with van der Waals surface area (Å²) < 4.78 is 51.2. The Balaban J connectivity index is 1.46. The third-order valence-electron chi connectivity index (χ3n) is 7.03. The number of rotatable bonds is 5. The highest BCUT2D eigenvalue weighted by atomic mass is 35.5. The molecule has 0 spiro atoms. The summed E-state index contributed by atoms with van der Waals surface area (Å²) in [4.78, 5) is 28.8. The van der Waals surface area contributed by atoms with Gasteiger partial charge >= 0.3 is 18.4 Å². The molecule has 9 nitrogen and oxygen atoms in total. The molecule has 1 aliphatic rings. The smallest absolute Gasteiger partial charge is 0.453 e. The first-order valence-electron chi connectivity index (χ1n) is 12.8. The SMILES string of the molecule is COC(=O)N1CCC(c2ccc(-c3ccc(Cl)cc3-c3cccc(-n4ncc(OC(=O)O)c4C(F)(F)F)n3)cc2)CC1. The molecule has 5 rings (SSSR count). The monoisotopic (exact) mass is 600 g/mol. The van der Waals surface area contributed by atoms with Crippen LogP contribution >= 0.6 is 11.6 Å². The first-order valence-corrected chi connectivity index (χ1v) is 13.2. The summed E-state index contributed by atoms with van der Waals surface area (Å²) in [6.07, 6.45) is -4.90. The number of carbonyl (C=O) groups excluding carboxylic acids is 1. The minimum atomic E-state index is -4.97. The van der Waals surface area contributed by atoms with Crippen LogP contribution < -0.4 is 4.74 Å². The van der Waals surface area contributed by atoms with Gasteiger partial charge in [0.2, 0.25) is 0 Å². The number of amides is 1. The molecule has 42 heavy (non-hydrogen) atoms. The number of nitrogens with zero attached hydrogens (tertiary/aromatic N) is 4. The van der Waals surface area contributed by atoms with E-state index >= 15 is 0 Å². The Bertz CT molecular complexity index is 1620. The molecule has 218 valence electrons. The zero-order valence-corrected chi connectivity index (χ0v) is 22.9. The number of likely N-dealkylation sites (tertiary alicyclic amines) is 1. The summed E-state index contributed by atoms with van der Waals surface area (Å²) in [6.45, 7) is 1.22. The Morgan fingerprint density at radius 2 is 1.74 bits per heavy atom. The van der Waals surface area contributed by atoms with Gasteiger partial charge in [-0.25, -0.2) is 19.3 Å². The fraction of sp³-hybridized carbons (Fsp3) is 0.241.